The van der Waals surface area contributed by atoms with E-state index in [1.165, 1.54) is 0 Å². The van der Waals surface area contributed by atoms with E-state index in [0.717, 1.165) is 11.5 Å². The van der Waals surface area contributed by atoms with E-state index >= 15 is 0 Å². The summed E-state index contributed by atoms with van der Waals surface area (Å²) in [6, 6.07) is 9.43. The second kappa shape index (κ2) is 6.76. The number of hydrogen-bond donors (Lipinski definition) is 1. The fourth-order valence-corrected chi connectivity index (χ4v) is 2.87. The topological polar surface area (TPSA) is 99.0 Å². The number of imidazole rings is 1. The Balaban J connectivity index is 2.34. The smallest absolute Gasteiger partial charge is 0.142 e. The van der Waals surface area contributed by atoms with Crippen LogP contribution in [0.1, 0.15) is 11.4 Å². The maximum absolute atomic E-state index is 9.57. The quantitative estimate of drug-likeness (QED) is 0.777. The number of hydrogen-bond acceptors (Lipinski definition) is 6. The van der Waals surface area contributed by atoms with Crippen LogP contribution in [0.25, 0.3) is 22.5 Å². The maximum atomic E-state index is 9.57. The Kier molecular flexibility index (Phi) is 4.50. The summed E-state index contributed by atoms with van der Waals surface area (Å²) < 4.78 is 12.8. The molecule has 3 rings (SSSR count). The molecule has 132 valence electrons. The van der Waals surface area contributed by atoms with E-state index in [1.54, 1.807) is 20.4 Å². The van der Waals surface area contributed by atoms with Crippen LogP contribution in [-0.4, -0.2) is 28.8 Å². The number of benzene rings is 1. The Morgan fingerprint density at radius 3 is 2.35 bits per heavy atom. The minimum Gasteiger partial charge on any atom is -0.496 e. The fraction of sp³-hybridized carbons (Fsp3) is 0.211. The molecule has 7 nitrogen and oxygen atoms in total. The summed E-state index contributed by atoms with van der Waals surface area (Å²) >= 11 is 0. The van der Waals surface area contributed by atoms with Crippen LogP contribution in [0.5, 0.6) is 11.5 Å². The van der Waals surface area contributed by atoms with Gasteiger partial charge in [-0.05, 0) is 25.1 Å². The summed E-state index contributed by atoms with van der Waals surface area (Å²) in [6.45, 7) is 1.89. The highest BCUT2D eigenvalue weighted by molar-refractivity contribution is 5.82. The van der Waals surface area contributed by atoms with Gasteiger partial charge in [0.2, 0.25) is 0 Å². The molecule has 1 aromatic carbocycles. The van der Waals surface area contributed by atoms with Crippen molar-refractivity contribution in [2.24, 2.45) is 7.05 Å². The molecule has 2 heterocycles. The number of anilines is 1. The average Bonchev–Trinajstić information content (AvgIpc) is 2.99. The first-order chi connectivity index (χ1) is 12.5. The average molecular weight is 349 g/mol. The molecular weight excluding hydrogens is 330 g/mol. The van der Waals surface area contributed by atoms with Crippen molar-refractivity contribution in [3.05, 3.63) is 41.9 Å². The van der Waals surface area contributed by atoms with Crippen LogP contribution < -0.4 is 15.2 Å². The van der Waals surface area contributed by atoms with E-state index in [4.69, 9.17) is 15.2 Å². The summed E-state index contributed by atoms with van der Waals surface area (Å²) in [5.41, 5.74) is 9.09. The van der Waals surface area contributed by atoms with Crippen molar-refractivity contribution in [3.63, 3.8) is 0 Å². The summed E-state index contributed by atoms with van der Waals surface area (Å²) in [5.74, 6) is 2.18. The molecule has 0 saturated carbocycles. The number of ether oxygens (including phenoxy) is 2. The molecule has 0 fully saturated rings. The van der Waals surface area contributed by atoms with Gasteiger partial charge < -0.3 is 19.8 Å². The van der Waals surface area contributed by atoms with Gasteiger partial charge in [-0.1, -0.05) is 6.07 Å². The molecule has 0 aliphatic rings. The molecule has 2 N–H and O–H groups in total. The van der Waals surface area contributed by atoms with Gasteiger partial charge >= 0.3 is 0 Å². The van der Waals surface area contributed by atoms with Gasteiger partial charge in [0.25, 0.3) is 0 Å². The zero-order chi connectivity index (χ0) is 18.8. The number of rotatable bonds is 4. The van der Waals surface area contributed by atoms with Gasteiger partial charge in [-0.2, -0.15) is 5.26 Å². The molecule has 0 unspecified atom stereocenters. The van der Waals surface area contributed by atoms with Crippen LogP contribution in [0.2, 0.25) is 0 Å². The largest absolute Gasteiger partial charge is 0.496 e. The number of nitrogens with two attached hydrogens (primary N) is 1. The lowest BCUT2D eigenvalue weighted by atomic mass is 10.0. The van der Waals surface area contributed by atoms with Crippen LogP contribution in [-0.2, 0) is 7.05 Å². The van der Waals surface area contributed by atoms with Crippen molar-refractivity contribution in [2.45, 2.75) is 6.92 Å². The van der Waals surface area contributed by atoms with Crippen molar-refractivity contribution < 1.29 is 9.47 Å². The Labute approximate surface area is 151 Å². The van der Waals surface area contributed by atoms with Crippen LogP contribution in [0, 0.1) is 18.3 Å². The third-order valence-electron chi connectivity index (χ3n) is 4.34. The molecule has 0 spiro atoms. The van der Waals surface area contributed by atoms with Crippen LogP contribution in [0.15, 0.2) is 30.5 Å². The Hall–Kier alpha value is -3.53. The van der Waals surface area contributed by atoms with E-state index in [9.17, 15) is 5.26 Å². The summed E-state index contributed by atoms with van der Waals surface area (Å²) in [7, 11) is 5.05. The first-order valence-corrected chi connectivity index (χ1v) is 7.92. The highest BCUT2D eigenvalue weighted by Gasteiger charge is 2.20. The number of aryl methyl sites for hydroxylation is 1. The summed E-state index contributed by atoms with van der Waals surface area (Å²) in [6.07, 6.45) is 1.72. The number of aromatic nitrogens is 3. The lowest BCUT2D eigenvalue weighted by molar-refractivity contribution is 0.397. The molecule has 26 heavy (non-hydrogen) atoms. The normalized spacial score (nSPS) is 10.4. The zero-order valence-electron chi connectivity index (χ0n) is 15.1. The molecule has 0 atom stereocenters. The molecule has 0 saturated heterocycles. The molecular formula is C19H19N5O2. The highest BCUT2D eigenvalue weighted by Crippen LogP contribution is 2.40. The van der Waals surface area contributed by atoms with Crippen LogP contribution in [0.3, 0.4) is 0 Å². The third kappa shape index (κ3) is 2.71. The first kappa shape index (κ1) is 17.3. The number of methoxy groups -OCH3 is 2. The van der Waals surface area contributed by atoms with E-state index in [0.29, 0.717) is 33.9 Å². The second-order valence-electron chi connectivity index (χ2n) is 5.71. The van der Waals surface area contributed by atoms with Crippen LogP contribution in [0.4, 0.5) is 5.82 Å². The Morgan fingerprint density at radius 2 is 1.85 bits per heavy atom. The van der Waals surface area contributed by atoms with E-state index in [1.807, 2.05) is 42.8 Å². The van der Waals surface area contributed by atoms with E-state index in [-0.39, 0.29) is 5.82 Å². The molecule has 0 radical (unpaired) electrons. The van der Waals surface area contributed by atoms with Gasteiger partial charge in [0.05, 0.1) is 37.4 Å². The first-order valence-electron chi connectivity index (χ1n) is 7.92. The van der Waals surface area contributed by atoms with Gasteiger partial charge in [0, 0.05) is 12.6 Å². The summed E-state index contributed by atoms with van der Waals surface area (Å²) in [4.78, 5) is 8.73. The predicted molar refractivity (Wildman–Crippen MR) is 98.8 cm³/mol. The zero-order valence-corrected chi connectivity index (χ0v) is 15.1. The van der Waals surface area contributed by atoms with Gasteiger partial charge in [-0.3, -0.25) is 0 Å². The molecule has 7 heteroatoms. The predicted octanol–water partition coefficient (Wildman–Crippen LogP) is 2.93. The van der Waals surface area contributed by atoms with Crippen molar-refractivity contribution in [1.82, 2.24) is 14.5 Å². The lowest BCUT2D eigenvalue weighted by Gasteiger charge is -2.15. The monoisotopic (exact) mass is 349 g/mol. The number of pyridine rings is 1. The molecule has 3 aromatic rings. The van der Waals surface area contributed by atoms with Gasteiger partial charge in [0.1, 0.15) is 34.8 Å². The molecule has 0 aliphatic carbocycles. The fourth-order valence-electron chi connectivity index (χ4n) is 2.87. The highest BCUT2D eigenvalue weighted by atomic mass is 16.5. The minimum atomic E-state index is 0.145. The second-order valence-corrected chi connectivity index (χ2v) is 5.71. The Morgan fingerprint density at radius 1 is 1.19 bits per heavy atom. The lowest BCUT2D eigenvalue weighted by Crippen LogP contribution is -2.03. The van der Waals surface area contributed by atoms with Crippen molar-refractivity contribution >= 4 is 5.82 Å². The molecule has 2 aromatic heterocycles. The maximum Gasteiger partial charge on any atom is 0.142 e. The van der Waals surface area contributed by atoms with Crippen molar-refractivity contribution in [3.8, 4) is 40.1 Å². The van der Waals surface area contributed by atoms with Gasteiger partial charge in [-0.25, -0.2) is 9.97 Å². The molecule has 0 bridgehead atoms. The Bertz CT molecular complexity index is 995. The van der Waals surface area contributed by atoms with Gasteiger partial charge in [-0.15, -0.1) is 0 Å². The number of nitrogens with zero attached hydrogens (tertiary/aromatic N) is 4. The van der Waals surface area contributed by atoms with Gasteiger partial charge in [0.15, 0.2) is 0 Å². The van der Waals surface area contributed by atoms with Crippen molar-refractivity contribution in [1.29, 1.82) is 5.26 Å². The number of nitrogen functional groups attached to an aromatic ring is 1. The molecule has 0 aliphatic heterocycles. The van der Waals surface area contributed by atoms with E-state index < -0.39 is 0 Å². The van der Waals surface area contributed by atoms with Crippen LogP contribution >= 0.6 is 0 Å². The third-order valence-corrected chi connectivity index (χ3v) is 4.34. The summed E-state index contributed by atoms with van der Waals surface area (Å²) in [5, 5.41) is 9.57. The number of nitriles is 1. The van der Waals surface area contributed by atoms with E-state index in [2.05, 4.69) is 16.0 Å². The van der Waals surface area contributed by atoms with Crippen molar-refractivity contribution in [2.75, 3.05) is 20.0 Å². The molecule has 0 amide bonds. The minimum absolute atomic E-state index is 0.145. The SMILES string of the molecule is COc1cccc(OC)c1-c1cc(-c2cnc(C)n2C)c(C#N)c(N)n1. The standard InChI is InChI=1S/C19H19N5O2/c1-11-22-10-15(24(11)2)12-8-14(23-19(21)13(12)9-20)18-16(25-3)6-5-7-17(18)26-4/h5-8,10H,1-4H3,(H2,21,23).